The van der Waals surface area contributed by atoms with E-state index in [4.69, 9.17) is 11.6 Å². The molecule has 0 aliphatic rings. The molecule has 0 fully saturated rings. The van der Waals surface area contributed by atoms with Gasteiger partial charge in [0.1, 0.15) is 0 Å². The molecule has 2 aromatic heterocycles. The lowest BCUT2D eigenvalue weighted by Gasteiger charge is -2.03. The quantitative estimate of drug-likeness (QED) is 0.858. The number of thiophene rings is 1. The molecule has 3 nitrogen and oxygen atoms in total. The third-order valence-corrected chi connectivity index (χ3v) is 3.69. The second-order valence-corrected chi connectivity index (χ2v) is 6.02. The van der Waals surface area contributed by atoms with E-state index in [9.17, 15) is 0 Å². The summed E-state index contributed by atoms with van der Waals surface area (Å²) in [7, 11) is 0. The van der Waals surface area contributed by atoms with Crippen LogP contribution >= 0.6 is 38.9 Å². The lowest BCUT2D eigenvalue weighted by molar-refractivity contribution is 0.556. The molecule has 0 aromatic carbocycles. The molecule has 0 aliphatic carbocycles. The summed E-state index contributed by atoms with van der Waals surface area (Å²) in [6.07, 6.45) is 3.75. The number of nitrogens with zero attached hydrogens (tertiary/aromatic N) is 2. The minimum absolute atomic E-state index is 0.841. The van der Waals surface area contributed by atoms with Crippen molar-refractivity contribution in [1.82, 2.24) is 15.1 Å². The van der Waals surface area contributed by atoms with E-state index in [-0.39, 0.29) is 0 Å². The number of rotatable bonds is 5. The smallest absolute Gasteiger partial charge is 0.0931 e. The third kappa shape index (κ3) is 3.59. The highest BCUT2D eigenvalue weighted by atomic mass is 79.9. The number of hydrogen-bond acceptors (Lipinski definition) is 3. The molecule has 0 aliphatic heterocycles. The van der Waals surface area contributed by atoms with Gasteiger partial charge in [0.25, 0.3) is 0 Å². The molecule has 2 rings (SSSR count). The predicted molar refractivity (Wildman–Crippen MR) is 71.0 cm³/mol. The summed E-state index contributed by atoms with van der Waals surface area (Å²) in [6.45, 7) is 2.62. The molecular formula is C10H11BrClN3S. The Bertz CT molecular complexity index is 412. The minimum atomic E-state index is 0.841. The molecule has 0 bridgehead atoms. The van der Waals surface area contributed by atoms with Crippen LogP contribution < -0.4 is 5.32 Å². The Morgan fingerprint density at radius 1 is 1.50 bits per heavy atom. The van der Waals surface area contributed by atoms with Gasteiger partial charge in [0.2, 0.25) is 0 Å². The summed E-state index contributed by atoms with van der Waals surface area (Å²) in [4.78, 5) is 1.26. The molecule has 0 unspecified atom stereocenters. The molecule has 0 radical (unpaired) electrons. The van der Waals surface area contributed by atoms with E-state index in [1.807, 2.05) is 23.0 Å². The Balaban J connectivity index is 1.69. The molecule has 0 spiro atoms. The van der Waals surface area contributed by atoms with Crippen LogP contribution in [0.5, 0.6) is 0 Å². The molecule has 16 heavy (non-hydrogen) atoms. The zero-order valence-electron chi connectivity index (χ0n) is 8.49. The van der Waals surface area contributed by atoms with Crippen molar-refractivity contribution in [3.63, 3.8) is 0 Å². The first-order valence-corrected chi connectivity index (χ1v) is 6.85. The van der Waals surface area contributed by atoms with Crippen LogP contribution in [0.2, 0.25) is 4.34 Å². The minimum Gasteiger partial charge on any atom is -0.310 e. The summed E-state index contributed by atoms with van der Waals surface area (Å²) >= 11 is 10.8. The van der Waals surface area contributed by atoms with Gasteiger partial charge in [-0.15, -0.1) is 11.3 Å². The van der Waals surface area contributed by atoms with E-state index >= 15 is 0 Å². The maximum absolute atomic E-state index is 5.84. The fourth-order valence-electron chi connectivity index (χ4n) is 1.31. The highest BCUT2D eigenvalue weighted by Crippen LogP contribution is 2.20. The van der Waals surface area contributed by atoms with Crippen LogP contribution in [0.1, 0.15) is 4.88 Å². The van der Waals surface area contributed by atoms with E-state index in [1.165, 1.54) is 4.88 Å². The van der Waals surface area contributed by atoms with E-state index < -0.39 is 0 Å². The fraction of sp³-hybridized carbons (Fsp3) is 0.300. The molecule has 0 atom stereocenters. The summed E-state index contributed by atoms with van der Waals surface area (Å²) < 4.78 is 3.75. The van der Waals surface area contributed by atoms with Gasteiger partial charge in [-0.2, -0.15) is 5.10 Å². The molecule has 86 valence electrons. The van der Waals surface area contributed by atoms with Crippen molar-refractivity contribution in [3.05, 3.63) is 38.2 Å². The normalized spacial score (nSPS) is 10.9. The van der Waals surface area contributed by atoms with Gasteiger partial charge in [0.05, 0.1) is 21.6 Å². The van der Waals surface area contributed by atoms with E-state index in [2.05, 4.69) is 26.3 Å². The topological polar surface area (TPSA) is 29.9 Å². The van der Waals surface area contributed by atoms with Gasteiger partial charge in [0.15, 0.2) is 0 Å². The summed E-state index contributed by atoms with van der Waals surface area (Å²) in [5.74, 6) is 0. The average molecular weight is 321 g/mol. The summed E-state index contributed by atoms with van der Waals surface area (Å²) in [5.41, 5.74) is 0. The van der Waals surface area contributed by atoms with Crippen molar-refractivity contribution in [2.75, 3.05) is 6.54 Å². The molecule has 0 amide bonds. The maximum atomic E-state index is 5.84. The molecule has 1 N–H and O–H groups in total. The van der Waals surface area contributed by atoms with Crippen molar-refractivity contribution in [1.29, 1.82) is 0 Å². The van der Waals surface area contributed by atoms with E-state index in [1.54, 1.807) is 17.5 Å². The first-order chi connectivity index (χ1) is 7.74. The van der Waals surface area contributed by atoms with Crippen molar-refractivity contribution in [3.8, 4) is 0 Å². The monoisotopic (exact) mass is 319 g/mol. The number of nitrogens with one attached hydrogen (secondary N) is 1. The van der Waals surface area contributed by atoms with Gasteiger partial charge in [-0.25, -0.2) is 0 Å². The average Bonchev–Trinajstić information content (AvgIpc) is 2.83. The van der Waals surface area contributed by atoms with Gasteiger partial charge in [0, 0.05) is 24.2 Å². The van der Waals surface area contributed by atoms with Crippen molar-refractivity contribution in [2.45, 2.75) is 13.1 Å². The van der Waals surface area contributed by atoms with Crippen LogP contribution in [0, 0.1) is 0 Å². The van der Waals surface area contributed by atoms with Crippen LogP contribution in [-0.4, -0.2) is 16.3 Å². The Morgan fingerprint density at radius 2 is 2.38 bits per heavy atom. The molecule has 6 heteroatoms. The number of hydrogen-bond donors (Lipinski definition) is 1. The summed E-state index contributed by atoms with van der Waals surface area (Å²) in [5, 5.41) is 7.52. The van der Waals surface area contributed by atoms with Gasteiger partial charge in [-0.05, 0) is 28.1 Å². The van der Waals surface area contributed by atoms with Gasteiger partial charge < -0.3 is 5.32 Å². The molecule has 0 saturated carbocycles. The second kappa shape index (κ2) is 5.82. The molecule has 2 heterocycles. The Kier molecular flexibility index (Phi) is 4.40. The lowest BCUT2D eigenvalue weighted by atomic mass is 10.4. The fourth-order valence-corrected chi connectivity index (χ4v) is 2.70. The van der Waals surface area contributed by atoms with Gasteiger partial charge >= 0.3 is 0 Å². The third-order valence-electron chi connectivity index (χ3n) is 2.05. The lowest BCUT2D eigenvalue weighted by Crippen LogP contribution is -2.19. The SMILES string of the molecule is Clc1ccc(CNCCn2cc(Br)cn2)s1. The van der Waals surface area contributed by atoms with Crippen LogP contribution in [0.15, 0.2) is 29.0 Å². The number of halogens is 2. The highest BCUT2D eigenvalue weighted by molar-refractivity contribution is 9.10. The van der Waals surface area contributed by atoms with Crippen LogP contribution in [0.3, 0.4) is 0 Å². The van der Waals surface area contributed by atoms with E-state index in [0.717, 1.165) is 28.4 Å². The van der Waals surface area contributed by atoms with Crippen LogP contribution in [-0.2, 0) is 13.1 Å². The first kappa shape index (κ1) is 12.1. The van der Waals surface area contributed by atoms with Crippen molar-refractivity contribution < 1.29 is 0 Å². The predicted octanol–water partition coefficient (Wildman–Crippen LogP) is 3.15. The molecular weight excluding hydrogens is 310 g/mol. The second-order valence-electron chi connectivity index (χ2n) is 3.30. The Labute approximate surface area is 112 Å². The van der Waals surface area contributed by atoms with Crippen LogP contribution in [0.25, 0.3) is 0 Å². The Hall–Kier alpha value is -0.360. The van der Waals surface area contributed by atoms with Crippen molar-refractivity contribution in [2.24, 2.45) is 0 Å². The Morgan fingerprint density at radius 3 is 3.00 bits per heavy atom. The standard InChI is InChI=1S/C10H11BrClN3S/c11-8-5-14-15(7-8)4-3-13-6-9-1-2-10(12)16-9/h1-2,5,7,13H,3-4,6H2. The van der Waals surface area contributed by atoms with Gasteiger partial charge in [-0.1, -0.05) is 11.6 Å². The largest absolute Gasteiger partial charge is 0.310 e. The molecule has 0 saturated heterocycles. The zero-order valence-corrected chi connectivity index (χ0v) is 11.6. The molecule has 2 aromatic rings. The maximum Gasteiger partial charge on any atom is 0.0931 e. The highest BCUT2D eigenvalue weighted by Gasteiger charge is 1.98. The summed E-state index contributed by atoms with van der Waals surface area (Å²) in [6, 6.07) is 3.97. The first-order valence-electron chi connectivity index (χ1n) is 4.87. The number of aromatic nitrogens is 2. The van der Waals surface area contributed by atoms with E-state index in [0.29, 0.717) is 0 Å². The van der Waals surface area contributed by atoms with Crippen LogP contribution in [0.4, 0.5) is 0 Å². The zero-order chi connectivity index (χ0) is 11.4. The van der Waals surface area contributed by atoms with Crippen molar-refractivity contribution >= 4 is 38.9 Å². The van der Waals surface area contributed by atoms with Gasteiger partial charge in [-0.3, -0.25) is 4.68 Å².